The van der Waals surface area contributed by atoms with Gasteiger partial charge in [-0.2, -0.15) is 0 Å². The summed E-state index contributed by atoms with van der Waals surface area (Å²) >= 11 is 0. The van der Waals surface area contributed by atoms with E-state index in [1.165, 1.54) is 12.7 Å². The molecule has 0 saturated heterocycles. The average Bonchev–Trinajstić information content (AvgIpc) is 3.10. The lowest BCUT2D eigenvalue weighted by molar-refractivity contribution is 0.0842. The molecule has 0 radical (unpaired) electrons. The Bertz CT molecular complexity index is 1050. The maximum atomic E-state index is 7.71. The Kier molecular flexibility index (Phi) is 3.98. The molecule has 0 amide bonds. The van der Waals surface area contributed by atoms with Crippen molar-refractivity contribution in [2.24, 2.45) is 0 Å². The van der Waals surface area contributed by atoms with Gasteiger partial charge >= 0.3 is 0 Å². The molecule has 4 rings (SSSR count). The van der Waals surface area contributed by atoms with E-state index >= 15 is 0 Å². The van der Waals surface area contributed by atoms with Crippen LogP contribution in [0.5, 0.6) is 5.75 Å². The third kappa shape index (κ3) is 2.87. The summed E-state index contributed by atoms with van der Waals surface area (Å²) < 4.78 is 17.5. The van der Waals surface area contributed by atoms with E-state index in [-0.39, 0.29) is 11.5 Å². The van der Waals surface area contributed by atoms with E-state index in [2.05, 4.69) is 38.7 Å². The van der Waals surface area contributed by atoms with Gasteiger partial charge in [-0.3, -0.25) is 10.4 Å². The van der Waals surface area contributed by atoms with Gasteiger partial charge in [-0.1, -0.05) is 0 Å². The number of aromatic nitrogens is 1. The summed E-state index contributed by atoms with van der Waals surface area (Å²) in [5.74, 6) is 1.82. The number of furan rings is 1. The molecule has 0 spiro atoms. The van der Waals surface area contributed by atoms with Gasteiger partial charge in [0, 0.05) is 22.7 Å². The molecule has 0 bridgehead atoms. The van der Waals surface area contributed by atoms with Crippen molar-refractivity contribution in [3.05, 3.63) is 46.8 Å². The molecule has 5 heteroatoms. The van der Waals surface area contributed by atoms with Crippen LogP contribution in [0.2, 0.25) is 0 Å². The first kappa shape index (κ1) is 17.6. The van der Waals surface area contributed by atoms with E-state index < -0.39 is 0 Å². The first-order valence-electron chi connectivity index (χ1n) is 9.14. The lowest BCUT2D eigenvalue weighted by Crippen LogP contribution is -2.33. The SMILES string of the molecule is COC(=N)c1ccc(-c2cc3c4c(c(C)c(C)c3o2)OC(C)(C)CC4)cn1. The summed E-state index contributed by atoms with van der Waals surface area (Å²) in [6, 6.07) is 5.76. The smallest absolute Gasteiger partial charge is 0.232 e. The molecule has 0 aliphatic carbocycles. The van der Waals surface area contributed by atoms with Gasteiger partial charge in [-0.05, 0) is 69.9 Å². The molecule has 0 saturated carbocycles. The number of nitrogens with zero attached hydrogens (tertiary/aromatic N) is 1. The summed E-state index contributed by atoms with van der Waals surface area (Å²) in [6.07, 6.45) is 3.67. The van der Waals surface area contributed by atoms with Gasteiger partial charge < -0.3 is 13.9 Å². The fourth-order valence-corrected chi connectivity index (χ4v) is 3.64. The number of hydrogen-bond donors (Lipinski definition) is 1. The Morgan fingerprint density at radius 2 is 2.00 bits per heavy atom. The number of nitrogens with one attached hydrogen (secondary N) is 1. The van der Waals surface area contributed by atoms with Crippen molar-refractivity contribution >= 4 is 16.9 Å². The fraction of sp³-hybridized carbons (Fsp3) is 0.364. The van der Waals surface area contributed by atoms with Crippen LogP contribution in [0.4, 0.5) is 0 Å². The summed E-state index contributed by atoms with van der Waals surface area (Å²) in [4.78, 5) is 4.31. The van der Waals surface area contributed by atoms with Crippen molar-refractivity contribution in [1.82, 2.24) is 4.98 Å². The van der Waals surface area contributed by atoms with Crippen molar-refractivity contribution in [2.75, 3.05) is 7.11 Å². The van der Waals surface area contributed by atoms with Crippen LogP contribution in [0, 0.1) is 19.3 Å². The summed E-state index contributed by atoms with van der Waals surface area (Å²) in [6.45, 7) is 8.46. The zero-order valence-corrected chi connectivity index (χ0v) is 16.4. The van der Waals surface area contributed by atoms with Crippen molar-refractivity contribution in [1.29, 1.82) is 5.41 Å². The molecule has 27 heavy (non-hydrogen) atoms. The van der Waals surface area contributed by atoms with Crippen LogP contribution in [0.15, 0.2) is 28.8 Å². The minimum atomic E-state index is -0.143. The second-order valence-corrected chi connectivity index (χ2v) is 7.74. The predicted octanol–water partition coefficient (Wildman–Crippen LogP) is 5.19. The van der Waals surface area contributed by atoms with Crippen LogP contribution in [-0.2, 0) is 11.2 Å². The molecule has 1 aromatic carbocycles. The lowest BCUT2D eigenvalue weighted by atomic mass is 9.89. The largest absolute Gasteiger partial charge is 0.487 e. The van der Waals surface area contributed by atoms with Crippen LogP contribution < -0.4 is 4.74 Å². The van der Waals surface area contributed by atoms with Gasteiger partial charge in [-0.25, -0.2) is 0 Å². The van der Waals surface area contributed by atoms with Crippen LogP contribution in [0.25, 0.3) is 22.3 Å². The highest BCUT2D eigenvalue weighted by atomic mass is 16.5. The van der Waals surface area contributed by atoms with Crippen LogP contribution in [-0.4, -0.2) is 23.6 Å². The highest BCUT2D eigenvalue weighted by Crippen LogP contribution is 2.44. The molecule has 5 nitrogen and oxygen atoms in total. The topological polar surface area (TPSA) is 68.3 Å². The van der Waals surface area contributed by atoms with Gasteiger partial charge in [0.2, 0.25) is 5.90 Å². The van der Waals surface area contributed by atoms with E-state index in [0.29, 0.717) is 5.69 Å². The lowest BCUT2D eigenvalue weighted by Gasteiger charge is -2.34. The third-order valence-electron chi connectivity index (χ3n) is 5.42. The highest BCUT2D eigenvalue weighted by molar-refractivity contribution is 5.92. The number of benzene rings is 1. The maximum absolute atomic E-state index is 7.71. The molecule has 3 aromatic rings. The van der Waals surface area contributed by atoms with Gasteiger partial charge in [0.05, 0.1) is 7.11 Å². The Balaban J connectivity index is 1.83. The number of methoxy groups -OCH3 is 1. The molecule has 0 fully saturated rings. The number of ether oxygens (including phenoxy) is 2. The van der Waals surface area contributed by atoms with Gasteiger partial charge in [0.1, 0.15) is 28.4 Å². The molecule has 0 atom stereocenters. The second-order valence-electron chi connectivity index (χ2n) is 7.74. The fourth-order valence-electron chi connectivity index (χ4n) is 3.64. The number of pyridine rings is 1. The van der Waals surface area contributed by atoms with Crippen molar-refractivity contribution in [3.63, 3.8) is 0 Å². The molecule has 140 valence electrons. The molecule has 1 aliphatic rings. The molecule has 2 aromatic heterocycles. The Labute approximate surface area is 158 Å². The molecule has 3 heterocycles. The number of fused-ring (bicyclic) bond motifs is 3. The quantitative estimate of drug-likeness (QED) is 0.502. The highest BCUT2D eigenvalue weighted by Gasteiger charge is 2.31. The summed E-state index contributed by atoms with van der Waals surface area (Å²) in [7, 11) is 1.47. The van der Waals surface area contributed by atoms with Crippen molar-refractivity contribution in [3.8, 4) is 17.1 Å². The summed E-state index contributed by atoms with van der Waals surface area (Å²) in [5.41, 5.74) is 5.63. The van der Waals surface area contributed by atoms with E-state index in [9.17, 15) is 0 Å². The Morgan fingerprint density at radius 3 is 2.67 bits per heavy atom. The normalized spacial score (nSPS) is 15.3. The standard InChI is InChI=1S/C22H24N2O3/c1-12-13(2)20-15(8-9-22(3,4)27-20)16-10-18(26-19(12)16)14-6-7-17(24-11-14)21(23)25-5/h6-7,10-11,23H,8-9H2,1-5H3. The van der Waals surface area contributed by atoms with E-state index in [4.69, 9.17) is 19.3 Å². The summed E-state index contributed by atoms with van der Waals surface area (Å²) in [5, 5.41) is 8.83. The number of hydrogen-bond acceptors (Lipinski definition) is 5. The number of aryl methyl sites for hydroxylation is 2. The molecule has 1 aliphatic heterocycles. The van der Waals surface area contributed by atoms with Gasteiger partial charge in [-0.15, -0.1) is 0 Å². The predicted molar refractivity (Wildman–Crippen MR) is 106 cm³/mol. The van der Waals surface area contributed by atoms with Crippen LogP contribution >= 0.6 is 0 Å². The zero-order valence-electron chi connectivity index (χ0n) is 16.4. The first-order valence-corrected chi connectivity index (χ1v) is 9.14. The van der Waals surface area contributed by atoms with Crippen LogP contribution in [0.3, 0.4) is 0 Å². The Hall–Kier alpha value is -2.82. The van der Waals surface area contributed by atoms with Crippen molar-refractivity contribution in [2.45, 2.75) is 46.1 Å². The molecular formula is C22H24N2O3. The van der Waals surface area contributed by atoms with Crippen molar-refractivity contribution < 1.29 is 13.9 Å². The molecule has 0 unspecified atom stereocenters. The van der Waals surface area contributed by atoms with E-state index in [0.717, 1.165) is 52.0 Å². The molecular weight excluding hydrogens is 340 g/mol. The third-order valence-corrected chi connectivity index (χ3v) is 5.42. The first-order chi connectivity index (χ1) is 12.8. The van der Waals surface area contributed by atoms with Gasteiger partial charge in [0.15, 0.2) is 0 Å². The minimum Gasteiger partial charge on any atom is -0.487 e. The van der Waals surface area contributed by atoms with E-state index in [1.54, 1.807) is 12.3 Å². The monoisotopic (exact) mass is 364 g/mol. The van der Waals surface area contributed by atoms with Gasteiger partial charge in [0.25, 0.3) is 0 Å². The zero-order chi connectivity index (χ0) is 19.3. The average molecular weight is 364 g/mol. The second kappa shape index (κ2) is 6.12. The van der Waals surface area contributed by atoms with E-state index in [1.807, 2.05) is 6.07 Å². The Morgan fingerprint density at radius 1 is 1.22 bits per heavy atom. The minimum absolute atomic E-state index is 0.0476. The van der Waals surface area contributed by atoms with Crippen LogP contribution in [0.1, 0.15) is 42.7 Å². The maximum Gasteiger partial charge on any atom is 0.232 e. The molecule has 1 N–H and O–H groups in total. The number of rotatable bonds is 2.